The van der Waals surface area contributed by atoms with E-state index in [2.05, 4.69) is 38.1 Å². The largest absolute Gasteiger partial charge is 0.336 e. The molecule has 0 atom stereocenters. The lowest BCUT2D eigenvalue weighted by atomic mass is 10.1. The standard InChI is InChI=1S/C10H15IN4O/c1-6(2)12-10(16)15-4-3-8-7(5-15)9(11)14-13-8/h6H,3-5H2,1-2H3,(H,12,16)(H,13,14). The van der Waals surface area contributed by atoms with Crippen LogP contribution >= 0.6 is 22.6 Å². The number of hydrogen-bond donors (Lipinski definition) is 2. The third kappa shape index (κ3) is 2.31. The van der Waals surface area contributed by atoms with Gasteiger partial charge >= 0.3 is 6.03 Å². The van der Waals surface area contributed by atoms with Gasteiger partial charge in [0.25, 0.3) is 0 Å². The summed E-state index contributed by atoms with van der Waals surface area (Å²) in [5.41, 5.74) is 2.32. The van der Waals surface area contributed by atoms with Crippen LogP contribution in [0.4, 0.5) is 4.79 Å². The Hall–Kier alpha value is -0.790. The molecule has 6 heteroatoms. The van der Waals surface area contributed by atoms with Crippen LogP contribution in [0, 0.1) is 3.70 Å². The fraction of sp³-hybridized carbons (Fsp3) is 0.600. The molecule has 1 aromatic heterocycles. The van der Waals surface area contributed by atoms with Gasteiger partial charge in [-0.3, -0.25) is 5.10 Å². The summed E-state index contributed by atoms with van der Waals surface area (Å²) >= 11 is 2.20. The van der Waals surface area contributed by atoms with Gasteiger partial charge in [0.15, 0.2) is 0 Å². The first kappa shape index (κ1) is 11.7. The van der Waals surface area contributed by atoms with Crippen molar-refractivity contribution in [2.75, 3.05) is 6.54 Å². The molecular formula is C10H15IN4O. The predicted octanol–water partition coefficient (Wildman–Crippen LogP) is 1.49. The number of urea groups is 1. The van der Waals surface area contributed by atoms with E-state index in [1.165, 1.54) is 0 Å². The maximum atomic E-state index is 11.8. The van der Waals surface area contributed by atoms with Gasteiger partial charge in [-0.15, -0.1) is 0 Å². The predicted molar refractivity (Wildman–Crippen MR) is 69.1 cm³/mol. The Morgan fingerprint density at radius 2 is 2.38 bits per heavy atom. The Labute approximate surface area is 108 Å². The minimum atomic E-state index is 0.0117. The molecule has 5 nitrogen and oxygen atoms in total. The second-order valence-electron chi connectivity index (χ2n) is 4.25. The van der Waals surface area contributed by atoms with Gasteiger partial charge in [-0.25, -0.2) is 4.79 Å². The van der Waals surface area contributed by atoms with E-state index in [4.69, 9.17) is 0 Å². The number of carbonyl (C=O) groups excluding carboxylic acids is 1. The molecule has 0 fully saturated rings. The second kappa shape index (κ2) is 4.60. The fourth-order valence-corrected chi connectivity index (χ4v) is 2.39. The number of rotatable bonds is 1. The van der Waals surface area contributed by atoms with Gasteiger partial charge in [0, 0.05) is 30.3 Å². The number of halogens is 1. The molecule has 2 rings (SSSR count). The van der Waals surface area contributed by atoms with Gasteiger partial charge in [-0.05, 0) is 36.4 Å². The quantitative estimate of drug-likeness (QED) is 0.765. The molecule has 0 radical (unpaired) electrons. The van der Waals surface area contributed by atoms with Crippen molar-refractivity contribution < 1.29 is 4.79 Å². The highest BCUT2D eigenvalue weighted by atomic mass is 127. The van der Waals surface area contributed by atoms with Crippen LogP contribution in [0.25, 0.3) is 0 Å². The summed E-state index contributed by atoms with van der Waals surface area (Å²) in [6.07, 6.45) is 0.858. The third-order valence-corrected chi connectivity index (χ3v) is 3.47. The summed E-state index contributed by atoms with van der Waals surface area (Å²) < 4.78 is 0.967. The summed E-state index contributed by atoms with van der Waals surface area (Å²) in [6, 6.07) is 0.190. The smallest absolute Gasteiger partial charge is 0.317 e. The highest BCUT2D eigenvalue weighted by Gasteiger charge is 2.24. The first-order valence-corrected chi connectivity index (χ1v) is 6.43. The summed E-state index contributed by atoms with van der Waals surface area (Å²) in [5, 5.41) is 10.1. The fourth-order valence-electron chi connectivity index (χ4n) is 1.77. The van der Waals surface area contributed by atoms with Gasteiger partial charge in [0.05, 0.1) is 6.54 Å². The molecule has 2 amide bonds. The lowest BCUT2D eigenvalue weighted by Crippen LogP contribution is -2.45. The van der Waals surface area contributed by atoms with E-state index in [1.54, 1.807) is 0 Å². The zero-order valence-electron chi connectivity index (χ0n) is 9.38. The van der Waals surface area contributed by atoms with Crippen LogP contribution in [0.3, 0.4) is 0 Å². The van der Waals surface area contributed by atoms with E-state index < -0.39 is 0 Å². The van der Waals surface area contributed by atoms with Gasteiger partial charge in [-0.1, -0.05) is 0 Å². The van der Waals surface area contributed by atoms with Crippen LogP contribution in [0.15, 0.2) is 0 Å². The molecule has 0 aromatic carbocycles. The first-order valence-electron chi connectivity index (χ1n) is 5.35. The normalized spacial score (nSPS) is 15.1. The van der Waals surface area contributed by atoms with Gasteiger partial charge in [0.1, 0.15) is 3.70 Å². The number of carbonyl (C=O) groups is 1. The van der Waals surface area contributed by atoms with Crippen molar-refractivity contribution in [2.24, 2.45) is 0 Å². The Kier molecular flexibility index (Phi) is 3.36. The number of amides is 2. The van der Waals surface area contributed by atoms with E-state index in [-0.39, 0.29) is 12.1 Å². The maximum Gasteiger partial charge on any atom is 0.317 e. The highest BCUT2D eigenvalue weighted by Crippen LogP contribution is 2.21. The summed E-state index contributed by atoms with van der Waals surface area (Å²) in [5.74, 6) is 0. The molecule has 1 aliphatic heterocycles. The number of fused-ring (bicyclic) bond motifs is 1. The maximum absolute atomic E-state index is 11.8. The zero-order chi connectivity index (χ0) is 11.7. The summed E-state index contributed by atoms with van der Waals surface area (Å²) in [6.45, 7) is 5.34. The molecule has 16 heavy (non-hydrogen) atoms. The Morgan fingerprint density at radius 1 is 1.62 bits per heavy atom. The van der Waals surface area contributed by atoms with Crippen molar-refractivity contribution in [3.8, 4) is 0 Å². The molecule has 0 bridgehead atoms. The second-order valence-corrected chi connectivity index (χ2v) is 5.27. The van der Waals surface area contributed by atoms with Crippen LogP contribution in [-0.4, -0.2) is 33.7 Å². The molecule has 2 N–H and O–H groups in total. The van der Waals surface area contributed by atoms with Gasteiger partial charge in [0.2, 0.25) is 0 Å². The monoisotopic (exact) mass is 334 g/mol. The van der Waals surface area contributed by atoms with Crippen molar-refractivity contribution in [2.45, 2.75) is 32.9 Å². The van der Waals surface area contributed by atoms with Crippen LogP contribution in [0.1, 0.15) is 25.1 Å². The lowest BCUT2D eigenvalue weighted by Gasteiger charge is -2.27. The number of aromatic nitrogens is 2. The van der Waals surface area contributed by atoms with Crippen molar-refractivity contribution in [1.29, 1.82) is 0 Å². The zero-order valence-corrected chi connectivity index (χ0v) is 11.5. The van der Waals surface area contributed by atoms with Crippen LogP contribution in [0.5, 0.6) is 0 Å². The Morgan fingerprint density at radius 3 is 3.06 bits per heavy atom. The summed E-state index contributed by atoms with van der Waals surface area (Å²) in [7, 11) is 0. The molecule has 0 spiro atoms. The minimum absolute atomic E-state index is 0.0117. The van der Waals surface area contributed by atoms with E-state index >= 15 is 0 Å². The number of H-pyrrole nitrogens is 1. The van der Waals surface area contributed by atoms with Crippen molar-refractivity contribution in [1.82, 2.24) is 20.4 Å². The molecule has 0 unspecified atom stereocenters. The topological polar surface area (TPSA) is 61.0 Å². The Balaban J connectivity index is 2.07. The van der Waals surface area contributed by atoms with Crippen LogP contribution in [-0.2, 0) is 13.0 Å². The minimum Gasteiger partial charge on any atom is -0.336 e. The molecule has 2 heterocycles. The molecule has 1 aliphatic rings. The molecule has 1 aromatic rings. The Bertz CT molecular complexity index is 402. The summed E-state index contributed by atoms with van der Waals surface area (Å²) in [4.78, 5) is 13.7. The molecule has 0 aliphatic carbocycles. The first-order chi connectivity index (χ1) is 7.58. The third-order valence-electron chi connectivity index (χ3n) is 2.58. The lowest BCUT2D eigenvalue weighted by molar-refractivity contribution is 0.189. The molecule has 0 saturated heterocycles. The van der Waals surface area contributed by atoms with Crippen LogP contribution < -0.4 is 5.32 Å². The van der Waals surface area contributed by atoms with Gasteiger partial charge < -0.3 is 10.2 Å². The average Bonchev–Trinajstić information content (AvgIpc) is 2.59. The van der Waals surface area contributed by atoms with Gasteiger partial charge in [-0.2, -0.15) is 5.10 Å². The van der Waals surface area contributed by atoms with E-state index in [9.17, 15) is 4.79 Å². The SMILES string of the molecule is CC(C)NC(=O)N1CCc2[nH]nc(I)c2C1. The number of nitrogens with zero attached hydrogens (tertiary/aromatic N) is 2. The number of aromatic amines is 1. The van der Waals surface area contributed by atoms with E-state index in [0.717, 1.165) is 27.9 Å². The molecule has 0 saturated carbocycles. The molecular weight excluding hydrogens is 319 g/mol. The average molecular weight is 334 g/mol. The number of nitrogens with one attached hydrogen (secondary N) is 2. The van der Waals surface area contributed by atoms with E-state index in [0.29, 0.717) is 6.54 Å². The van der Waals surface area contributed by atoms with Crippen molar-refractivity contribution in [3.05, 3.63) is 15.0 Å². The van der Waals surface area contributed by atoms with Crippen LogP contribution in [0.2, 0.25) is 0 Å². The molecule has 88 valence electrons. The van der Waals surface area contributed by atoms with E-state index in [1.807, 2.05) is 18.7 Å². The van der Waals surface area contributed by atoms with Crippen molar-refractivity contribution >= 4 is 28.6 Å². The van der Waals surface area contributed by atoms with Crippen molar-refractivity contribution in [3.63, 3.8) is 0 Å². The highest BCUT2D eigenvalue weighted by molar-refractivity contribution is 14.1. The number of hydrogen-bond acceptors (Lipinski definition) is 2.